The van der Waals surface area contributed by atoms with E-state index in [2.05, 4.69) is 49.6 Å². The molecule has 0 bridgehead atoms. The van der Waals surface area contributed by atoms with E-state index >= 15 is 0 Å². The van der Waals surface area contributed by atoms with Crippen LogP contribution >= 0.6 is 0 Å². The first-order valence-electron chi connectivity index (χ1n) is 10.0. The van der Waals surface area contributed by atoms with E-state index < -0.39 is 5.97 Å². The molecule has 2 rings (SSSR count). The molecule has 0 aromatic heterocycles. The summed E-state index contributed by atoms with van der Waals surface area (Å²) >= 11 is 0. The lowest BCUT2D eigenvalue weighted by Crippen LogP contribution is -2.55. The molecule has 0 atom stereocenters. The summed E-state index contributed by atoms with van der Waals surface area (Å²) in [5.41, 5.74) is 3.26. The number of rotatable bonds is 9. The number of amides is 2. The van der Waals surface area contributed by atoms with Gasteiger partial charge in [-0.25, -0.2) is 4.79 Å². The first-order valence-corrected chi connectivity index (χ1v) is 10.0. The van der Waals surface area contributed by atoms with Crippen LogP contribution in [0.3, 0.4) is 0 Å². The fourth-order valence-electron chi connectivity index (χ4n) is 3.74. The van der Waals surface area contributed by atoms with Crippen molar-refractivity contribution in [3.8, 4) is 0 Å². The van der Waals surface area contributed by atoms with Gasteiger partial charge in [0.25, 0.3) is 0 Å². The SMILES string of the molecule is CCCc1cccc(C(C)C)c1NC(=O)NC1CC(N(CC)CC(=O)O)C1. The molecular formula is C21H33N3O3. The summed E-state index contributed by atoms with van der Waals surface area (Å²) in [4.78, 5) is 25.4. The van der Waals surface area contributed by atoms with Crippen LogP contribution in [-0.4, -0.2) is 47.2 Å². The molecule has 150 valence electrons. The van der Waals surface area contributed by atoms with Crippen molar-refractivity contribution < 1.29 is 14.7 Å². The molecule has 1 aliphatic carbocycles. The highest BCUT2D eigenvalue weighted by Crippen LogP contribution is 2.29. The van der Waals surface area contributed by atoms with Crippen LogP contribution in [0.15, 0.2) is 18.2 Å². The maximum Gasteiger partial charge on any atom is 0.319 e. The van der Waals surface area contributed by atoms with E-state index in [1.807, 2.05) is 11.8 Å². The number of nitrogens with zero attached hydrogens (tertiary/aromatic N) is 1. The molecule has 3 N–H and O–H groups in total. The summed E-state index contributed by atoms with van der Waals surface area (Å²) in [6, 6.07) is 6.36. The minimum Gasteiger partial charge on any atom is -0.480 e. The average molecular weight is 376 g/mol. The van der Waals surface area contributed by atoms with E-state index in [9.17, 15) is 9.59 Å². The fourth-order valence-corrected chi connectivity index (χ4v) is 3.74. The van der Waals surface area contributed by atoms with Gasteiger partial charge in [0, 0.05) is 17.8 Å². The second-order valence-corrected chi connectivity index (χ2v) is 7.66. The van der Waals surface area contributed by atoms with E-state index in [4.69, 9.17) is 5.11 Å². The Morgan fingerprint density at radius 3 is 2.52 bits per heavy atom. The zero-order valence-electron chi connectivity index (χ0n) is 16.9. The Balaban J connectivity index is 1.94. The summed E-state index contributed by atoms with van der Waals surface area (Å²) in [7, 11) is 0. The number of anilines is 1. The summed E-state index contributed by atoms with van der Waals surface area (Å²) in [6.45, 7) is 9.13. The van der Waals surface area contributed by atoms with Gasteiger partial charge in [-0.15, -0.1) is 0 Å². The zero-order valence-corrected chi connectivity index (χ0v) is 16.9. The molecule has 27 heavy (non-hydrogen) atoms. The largest absolute Gasteiger partial charge is 0.480 e. The minimum atomic E-state index is -0.806. The number of para-hydroxylation sites is 1. The Kier molecular flexibility index (Phi) is 7.66. The number of likely N-dealkylation sites (N-methyl/N-ethyl adjacent to an activating group) is 1. The lowest BCUT2D eigenvalue weighted by Gasteiger charge is -2.42. The molecule has 1 aliphatic rings. The van der Waals surface area contributed by atoms with Gasteiger partial charge in [-0.1, -0.05) is 52.3 Å². The summed E-state index contributed by atoms with van der Waals surface area (Å²) in [5, 5.41) is 15.1. The van der Waals surface area contributed by atoms with Crippen LogP contribution in [0.4, 0.5) is 10.5 Å². The number of benzene rings is 1. The van der Waals surface area contributed by atoms with Crippen molar-refractivity contribution in [3.05, 3.63) is 29.3 Å². The smallest absolute Gasteiger partial charge is 0.319 e. The van der Waals surface area contributed by atoms with Crippen molar-refractivity contribution >= 4 is 17.7 Å². The molecule has 1 aromatic rings. The van der Waals surface area contributed by atoms with Gasteiger partial charge in [-0.2, -0.15) is 0 Å². The van der Waals surface area contributed by atoms with Crippen molar-refractivity contribution in [2.45, 2.75) is 71.4 Å². The van der Waals surface area contributed by atoms with E-state index in [1.54, 1.807) is 0 Å². The number of hydrogen-bond donors (Lipinski definition) is 3. The first kappa shape index (κ1) is 21.2. The number of urea groups is 1. The minimum absolute atomic E-state index is 0.0578. The number of aliphatic carboxylic acids is 1. The third kappa shape index (κ3) is 5.70. The van der Waals surface area contributed by atoms with Crippen LogP contribution in [0.2, 0.25) is 0 Å². The molecule has 0 aliphatic heterocycles. The van der Waals surface area contributed by atoms with Crippen LogP contribution < -0.4 is 10.6 Å². The first-order chi connectivity index (χ1) is 12.8. The van der Waals surface area contributed by atoms with Crippen molar-refractivity contribution in [2.75, 3.05) is 18.4 Å². The molecule has 1 fully saturated rings. The predicted octanol–water partition coefficient (Wildman–Crippen LogP) is 3.82. The molecule has 0 radical (unpaired) electrons. The number of carbonyl (C=O) groups is 2. The highest BCUT2D eigenvalue weighted by molar-refractivity contribution is 5.91. The molecule has 0 saturated heterocycles. The molecule has 6 heteroatoms. The second-order valence-electron chi connectivity index (χ2n) is 7.66. The van der Waals surface area contributed by atoms with Gasteiger partial charge < -0.3 is 15.7 Å². The van der Waals surface area contributed by atoms with E-state index in [-0.39, 0.29) is 24.7 Å². The van der Waals surface area contributed by atoms with E-state index in [0.29, 0.717) is 12.5 Å². The Labute approximate surface area is 162 Å². The number of carboxylic acid groups (broad SMARTS) is 1. The van der Waals surface area contributed by atoms with Crippen molar-refractivity contribution in [2.24, 2.45) is 0 Å². The average Bonchev–Trinajstić information content (AvgIpc) is 2.57. The molecule has 0 spiro atoms. The number of carbonyl (C=O) groups excluding carboxylic acids is 1. The van der Waals surface area contributed by atoms with E-state index in [0.717, 1.165) is 36.9 Å². The lowest BCUT2D eigenvalue weighted by molar-refractivity contribution is -0.139. The van der Waals surface area contributed by atoms with Gasteiger partial charge in [0.15, 0.2) is 0 Å². The van der Waals surface area contributed by atoms with Crippen molar-refractivity contribution in [1.82, 2.24) is 10.2 Å². The van der Waals surface area contributed by atoms with Gasteiger partial charge in [-0.05, 0) is 42.9 Å². The van der Waals surface area contributed by atoms with Crippen LogP contribution in [0.1, 0.15) is 64.0 Å². The van der Waals surface area contributed by atoms with Crippen LogP contribution in [0, 0.1) is 0 Å². The maximum absolute atomic E-state index is 12.5. The van der Waals surface area contributed by atoms with Gasteiger partial charge in [0.05, 0.1) is 6.54 Å². The molecule has 2 amide bonds. The lowest BCUT2D eigenvalue weighted by atomic mass is 9.85. The van der Waals surface area contributed by atoms with Gasteiger partial charge in [0.1, 0.15) is 0 Å². The highest BCUT2D eigenvalue weighted by atomic mass is 16.4. The Hall–Kier alpha value is -2.08. The quantitative estimate of drug-likeness (QED) is 0.613. The van der Waals surface area contributed by atoms with Gasteiger partial charge in [0.2, 0.25) is 0 Å². The normalized spacial score (nSPS) is 19.0. The zero-order chi connectivity index (χ0) is 20.0. The Morgan fingerprint density at radius 1 is 1.26 bits per heavy atom. The molecule has 0 heterocycles. The summed E-state index contributed by atoms with van der Waals surface area (Å²) in [5.74, 6) is -0.473. The van der Waals surface area contributed by atoms with Crippen molar-refractivity contribution in [1.29, 1.82) is 0 Å². The molecule has 0 unspecified atom stereocenters. The fraction of sp³-hybridized carbons (Fsp3) is 0.619. The van der Waals surface area contributed by atoms with Gasteiger partial charge in [-0.3, -0.25) is 9.69 Å². The topological polar surface area (TPSA) is 81.7 Å². The highest BCUT2D eigenvalue weighted by Gasteiger charge is 2.34. The van der Waals surface area contributed by atoms with Crippen LogP contribution in [-0.2, 0) is 11.2 Å². The number of nitrogens with one attached hydrogen (secondary N) is 2. The van der Waals surface area contributed by atoms with Crippen LogP contribution in [0.5, 0.6) is 0 Å². The molecule has 1 aromatic carbocycles. The summed E-state index contributed by atoms with van der Waals surface area (Å²) < 4.78 is 0. The third-order valence-corrected chi connectivity index (χ3v) is 5.27. The standard InChI is InChI=1S/C21H33N3O3/c1-5-8-15-9-7-10-18(14(3)4)20(15)23-21(27)22-16-11-17(12-16)24(6-2)13-19(25)26/h7,9-10,14,16-17H,5-6,8,11-13H2,1-4H3,(H,25,26)(H2,22,23,27). The van der Waals surface area contributed by atoms with Gasteiger partial charge >= 0.3 is 12.0 Å². The number of hydrogen-bond acceptors (Lipinski definition) is 3. The monoisotopic (exact) mass is 375 g/mol. The predicted molar refractivity (Wildman–Crippen MR) is 108 cm³/mol. The second kappa shape index (κ2) is 9.74. The number of carboxylic acids is 1. The number of aryl methyl sites for hydroxylation is 1. The van der Waals surface area contributed by atoms with Crippen LogP contribution in [0.25, 0.3) is 0 Å². The molecular weight excluding hydrogens is 342 g/mol. The molecule has 6 nitrogen and oxygen atoms in total. The third-order valence-electron chi connectivity index (χ3n) is 5.27. The Bertz CT molecular complexity index is 654. The molecule has 1 saturated carbocycles. The Morgan fingerprint density at radius 2 is 1.96 bits per heavy atom. The van der Waals surface area contributed by atoms with Crippen molar-refractivity contribution in [3.63, 3.8) is 0 Å². The maximum atomic E-state index is 12.5. The van der Waals surface area contributed by atoms with E-state index in [1.165, 1.54) is 5.56 Å². The summed E-state index contributed by atoms with van der Waals surface area (Å²) in [6.07, 6.45) is 3.55.